The Balaban J connectivity index is 1.69. The number of benzene rings is 2. The van der Waals surface area contributed by atoms with Crippen LogP contribution in [0.25, 0.3) is 6.08 Å². The molecule has 166 valence electrons. The van der Waals surface area contributed by atoms with Crippen LogP contribution in [0.4, 0.5) is 0 Å². The first-order valence-corrected chi connectivity index (χ1v) is 10.4. The van der Waals surface area contributed by atoms with E-state index >= 15 is 0 Å². The van der Waals surface area contributed by atoms with Crippen LogP contribution in [0.5, 0.6) is 0 Å². The fourth-order valence-electron chi connectivity index (χ4n) is 3.13. The zero-order valence-electron chi connectivity index (χ0n) is 17.3. The molecule has 2 aromatic carbocycles. The molecule has 2 atom stereocenters. The molecule has 4 rings (SSSR count). The van der Waals surface area contributed by atoms with Gasteiger partial charge in [-0.3, -0.25) is 20.6 Å². The molecule has 8 nitrogen and oxygen atoms in total. The van der Waals surface area contributed by atoms with Gasteiger partial charge in [-0.1, -0.05) is 48.0 Å². The van der Waals surface area contributed by atoms with E-state index in [1.54, 1.807) is 36.4 Å². The van der Waals surface area contributed by atoms with Gasteiger partial charge in [-0.2, -0.15) is 0 Å². The monoisotopic (exact) mass is 461 g/mol. The minimum Gasteiger partial charge on any atom is -0.383 e. The van der Waals surface area contributed by atoms with Gasteiger partial charge in [0.05, 0.1) is 16.4 Å². The van der Waals surface area contributed by atoms with Crippen molar-refractivity contribution in [1.29, 1.82) is 0 Å². The lowest BCUT2D eigenvalue weighted by atomic mass is 10.1. The lowest BCUT2D eigenvalue weighted by molar-refractivity contribution is 0.0932. The number of aromatic nitrogens is 1. The fourth-order valence-corrected chi connectivity index (χ4v) is 3.29. The number of hydrogen-bond donors (Lipinski definition) is 4. The quantitative estimate of drug-likeness (QED) is 0.415. The van der Waals surface area contributed by atoms with Crippen molar-refractivity contribution >= 4 is 23.6 Å². The lowest BCUT2D eigenvalue weighted by Gasteiger charge is -2.21. The van der Waals surface area contributed by atoms with E-state index in [1.807, 2.05) is 30.3 Å². The Hall–Kier alpha value is -3.85. The normalized spacial score (nSPS) is 17.4. The zero-order valence-corrected chi connectivity index (χ0v) is 18.0. The molecule has 0 saturated carbocycles. The van der Waals surface area contributed by atoms with Gasteiger partial charge in [0.15, 0.2) is 6.23 Å². The number of rotatable bonds is 6. The second-order valence-corrected chi connectivity index (χ2v) is 7.51. The molecule has 1 aliphatic heterocycles. The van der Waals surface area contributed by atoms with E-state index in [-0.39, 0.29) is 11.4 Å². The summed E-state index contributed by atoms with van der Waals surface area (Å²) in [5.41, 5.74) is 6.60. The molecular formula is C24H20ClN5O3. The molecule has 2 heterocycles. The van der Waals surface area contributed by atoms with E-state index in [2.05, 4.69) is 25.8 Å². The van der Waals surface area contributed by atoms with Crippen molar-refractivity contribution in [1.82, 2.24) is 15.8 Å². The number of carbonyl (C=O) groups is 1. The highest BCUT2D eigenvalue weighted by Gasteiger charge is 2.23. The predicted molar refractivity (Wildman–Crippen MR) is 123 cm³/mol. The van der Waals surface area contributed by atoms with Gasteiger partial charge in [0.25, 0.3) is 5.91 Å². The number of aliphatic hydroxyl groups excluding tert-OH is 2. The largest absolute Gasteiger partial charge is 0.383 e. The van der Waals surface area contributed by atoms with Gasteiger partial charge in [-0.25, -0.2) is 9.98 Å². The van der Waals surface area contributed by atoms with Crippen LogP contribution in [0, 0.1) is 0 Å². The van der Waals surface area contributed by atoms with Crippen molar-refractivity contribution < 1.29 is 15.0 Å². The number of nitrogens with one attached hydrogen (secondary N) is 2. The topological polar surface area (TPSA) is 119 Å². The van der Waals surface area contributed by atoms with E-state index in [0.717, 1.165) is 5.56 Å². The summed E-state index contributed by atoms with van der Waals surface area (Å²) in [5, 5.41) is 22.9. The van der Waals surface area contributed by atoms with E-state index in [9.17, 15) is 15.0 Å². The average molecular weight is 462 g/mol. The Morgan fingerprint density at radius 2 is 1.79 bits per heavy atom. The Bertz CT molecular complexity index is 1330. The summed E-state index contributed by atoms with van der Waals surface area (Å²) in [4.78, 5) is 25.1. The van der Waals surface area contributed by atoms with Gasteiger partial charge in [0.2, 0.25) is 0 Å². The summed E-state index contributed by atoms with van der Waals surface area (Å²) in [6, 6.07) is 17.4. The predicted octanol–water partition coefficient (Wildman–Crippen LogP) is 1.53. The fraction of sp³-hybridized carbons (Fsp3) is 0.0833. The maximum Gasteiger partial charge on any atom is 0.269 e. The standard InChI is InChI=1S/C24H20ClN5O3/c25-17-7-8-18-19(14-17)28-24(33)22(27-18)21(20(31)9-6-15-4-2-1-3-5-15)29-30-23(32)16-10-12-26-13-11-16/h1-14,20,24,29,31,33H,(H,30,32)/b9-6+,22-21-. The molecule has 0 radical (unpaired) electrons. The third-order valence-corrected chi connectivity index (χ3v) is 5.01. The number of aliphatic hydroxyl groups is 2. The van der Waals surface area contributed by atoms with Crippen molar-refractivity contribution in [2.75, 3.05) is 0 Å². The van der Waals surface area contributed by atoms with Crippen LogP contribution in [-0.4, -0.2) is 33.4 Å². The molecule has 1 aliphatic rings. The van der Waals surface area contributed by atoms with E-state index in [1.165, 1.54) is 18.5 Å². The molecule has 9 heteroatoms. The van der Waals surface area contributed by atoms with Crippen LogP contribution in [0.15, 0.2) is 101 Å². The molecule has 0 saturated heterocycles. The molecule has 33 heavy (non-hydrogen) atoms. The molecule has 0 bridgehead atoms. The third kappa shape index (κ3) is 5.50. The number of fused-ring (bicyclic) bond motifs is 1. The van der Waals surface area contributed by atoms with Gasteiger partial charge in [-0.15, -0.1) is 0 Å². The number of amides is 1. The molecule has 0 aliphatic carbocycles. The molecule has 3 aromatic rings. The van der Waals surface area contributed by atoms with Crippen LogP contribution in [-0.2, 0) is 0 Å². The molecule has 1 amide bonds. The first-order valence-electron chi connectivity index (χ1n) is 10.0. The lowest BCUT2D eigenvalue weighted by Crippen LogP contribution is -2.42. The Kier molecular flexibility index (Phi) is 6.89. The summed E-state index contributed by atoms with van der Waals surface area (Å²) < 4.78 is 0. The SMILES string of the molecule is O=C(NN/C(=C1\N=c2ccc(Cl)cc2=NC1O)C(O)/C=C/c1ccccc1)c1ccncc1. The number of pyridine rings is 1. The Morgan fingerprint density at radius 1 is 1.03 bits per heavy atom. The highest BCUT2D eigenvalue weighted by Crippen LogP contribution is 2.17. The van der Waals surface area contributed by atoms with Crippen LogP contribution < -0.4 is 21.6 Å². The van der Waals surface area contributed by atoms with Crippen LogP contribution in [0.2, 0.25) is 5.02 Å². The van der Waals surface area contributed by atoms with Gasteiger partial charge >= 0.3 is 0 Å². The maximum absolute atomic E-state index is 12.5. The summed E-state index contributed by atoms with van der Waals surface area (Å²) in [6.07, 6.45) is 3.61. The van der Waals surface area contributed by atoms with E-state index in [4.69, 9.17) is 11.6 Å². The molecule has 0 fully saturated rings. The summed E-state index contributed by atoms with van der Waals surface area (Å²) in [6.45, 7) is 0. The minimum absolute atomic E-state index is 0.0602. The van der Waals surface area contributed by atoms with Gasteiger partial charge in [-0.05, 0) is 42.0 Å². The maximum atomic E-state index is 12.5. The molecule has 0 spiro atoms. The second kappa shape index (κ2) is 10.2. The van der Waals surface area contributed by atoms with Gasteiger partial charge in [0.1, 0.15) is 11.8 Å². The first kappa shape index (κ1) is 22.3. The van der Waals surface area contributed by atoms with Crippen molar-refractivity contribution in [3.63, 3.8) is 0 Å². The highest BCUT2D eigenvalue weighted by atomic mass is 35.5. The number of nitrogens with zero attached hydrogens (tertiary/aromatic N) is 3. The van der Waals surface area contributed by atoms with Crippen molar-refractivity contribution in [3.05, 3.63) is 117 Å². The van der Waals surface area contributed by atoms with Crippen molar-refractivity contribution in [3.8, 4) is 0 Å². The Morgan fingerprint density at radius 3 is 2.55 bits per heavy atom. The van der Waals surface area contributed by atoms with Crippen LogP contribution >= 0.6 is 11.6 Å². The first-order chi connectivity index (χ1) is 16.0. The smallest absolute Gasteiger partial charge is 0.269 e. The van der Waals surface area contributed by atoms with Gasteiger partial charge < -0.3 is 10.2 Å². The number of hydrogen-bond acceptors (Lipinski definition) is 7. The van der Waals surface area contributed by atoms with Crippen molar-refractivity contribution in [2.45, 2.75) is 12.3 Å². The van der Waals surface area contributed by atoms with Crippen molar-refractivity contribution in [2.24, 2.45) is 9.98 Å². The summed E-state index contributed by atoms with van der Waals surface area (Å²) in [7, 11) is 0. The molecular weight excluding hydrogens is 442 g/mol. The highest BCUT2D eigenvalue weighted by molar-refractivity contribution is 6.30. The number of carbonyl (C=O) groups excluding carboxylic acids is 1. The van der Waals surface area contributed by atoms with Crippen LogP contribution in [0.1, 0.15) is 15.9 Å². The molecule has 4 N–H and O–H groups in total. The average Bonchev–Trinajstić information content (AvgIpc) is 2.84. The van der Waals surface area contributed by atoms with E-state index in [0.29, 0.717) is 21.3 Å². The van der Waals surface area contributed by atoms with E-state index < -0.39 is 18.2 Å². The van der Waals surface area contributed by atoms with Crippen LogP contribution in [0.3, 0.4) is 0 Å². The molecule has 2 unspecified atom stereocenters. The number of halogens is 1. The summed E-state index contributed by atoms with van der Waals surface area (Å²) in [5.74, 6) is -0.454. The minimum atomic E-state index is -1.38. The zero-order chi connectivity index (χ0) is 23.2. The third-order valence-electron chi connectivity index (χ3n) is 4.78. The summed E-state index contributed by atoms with van der Waals surface area (Å²) >= 11 is 6.01. The molecule has 1 aromatic heterocycles. The number of hydrazine groups is 1. The Labute approximate surface area is 194 Å². The van der Waals surface area contributed by atoms with Gasteiger partial charge in [0, 0.05) is 23.0 Å². The second-order valence-electron chi connectivity index (χ2n) is 7.08.